The number of fused-ring (bicyclic) bond motifs is 1. The molecule has 15 heteroatoms. The average Bonchev–Trinajstić information content (AvgIpc) is 3.39. The number of aliphatic hydroxyl groups excluding tert-OH is 2. The van der Waals surface area contributed by atoms with Gasteiger partial charge in [0.05, 0.1) is 18.9 Å². The highest BCUT2D eigenvalue weighted by Crippen LogP contribution is 2.41. The first-order valence-electron chi connectivity index (χ1n) is 10.7. The highest BCUT2D eigenvalue weighted by molar-refractivity contribution is 8.01. The molecular weight excluding hydrogens is 512 g/mol. The van der Waals surface area contributed by atoms with Gasteiger partial charge in [0.1, 0.15) is 33.9 Å². The number of hydrogen-bond acceptors (Lipinski definition) is 11. The van der Waals surface area contributed by atoms with Gasteiger partial charge in [0.25, 0.3) is 5.91 Å². The second-order valence-electron chi connectivity index (χ2n) is 7.85. The molecule has 1 fully saturated rings. The van der Waals surface area contributed by atoms with Crippen molar-refractivity contribution in [2.45, 2.75) is 35.5 Å². The number of aromatic hydroxyl groups is 1. The van der Waals surface area contributed by atoms with Gasteiger partial charge in [-0.2, -0.15) is 10.3 Å². The molecule has 2 aliphatic heterocycles. The number of carboxylic acids is 1. The van der Waals surface area contributed by atoms with Crippen LogP contribution < -0.4 is 11.1 Å². The van der Waals surface area contributed by atoms with Crippen LogP contribution in [0.1, 0.15) is 18.5 Å². The number of amides is 2. The summed E-state index contributed by atoms with van der Waals surface area (Å²) in [5.41, 5.74) is 6.99. The number of nitrogens with two attached hydrogens (primary N) is 1. The van der Waals surface area contributed by atoms with Crippen molar-refractivity contribution < 1.29 is 34.8 Å². The number of carbonyl (C=O) groups excluding carboxylic acids is 2. The highest BCUT2D eigenvalue weighted by atomic mass is 32.2. The molecule has 36 heavy (non-hydrogen) atoms. The van der Waals surface area contributed by atoms with E-state index in [1.54, 1.807) is 0 Å². The molecule has 0 bridgehead atoms. The number of phenolic OH excluding ortho intramolecular Hbond substituents is 1. The summed E-state index contributed by atoms with van der Waals surface area (Å²) >= 11 is 2.70. The van der Waals surface area contributed by atoms with E-state index >= 15 is 0 Å². The van der Waals surface area contributed by atoms with Crippen molar-refractivity contribution in [3.05, 3.63) is 47.3 Å². The molecule has 0 spiro atoms. The highest BCUT2D eigenvalue weighted by Gasteiger charge is 2.54. The summed E-state index contributed by atoms with van der Waals surface area (Å²) in [5.74, 6) is -1.45. The Hall–Kier alpha value is -3.11. The topological polar surface area (TPSA) is 215 Å². The van der Waals surface area contributed by atoms with Gasteiger partial charge in [-0.1, -0.05) is 23.9 Å². The zero-order chi connectivity index (χ0) is 26.4. The number of β-lactam (4-membered cyclic amide) rings is 1. The summed E-state index contributed by atoms with van der Waals surface area (Å²) < 4.78 is 0. The van der Waals surface area contributed by atoms with Crippen LogP contribution in [-0.4, -0.2) is 94.2 Å². The lowest BCUT2D eigenvalue weighted by atomic mass is 10.0. The van der Waals surface area contributed by atoms with Gasteiger partial charge in [0, 0.05) is 11.5 Å². The van der Waals surface area contributed by atoms with E-state index in [4.69, 9.17) is 15.9 Å². The van der Waals surface area contributed by atoms with Gasteiger partial charge in [0.2, 0.25) is 5.91 Å². The zero-order valence-electron chi connectivity index (χ0n) is 19.1. The predicted octanol–water partition coefficient (Wildman–Crippen LogP) is -0.599. The minimum Gasteiger partial charge on any atom is -0.508 e. The summed E-state index contributed by atoms with van der Waals surface area (Å²) in [6, 6.07) is 3.98. The molecular formula is C21H26N6O7S2. The SMILES string of the molecule is CC(O)CO.NC(C(=O)NC1C(=O)N2C(C(=O)O)=C(CSc3cn[nH]n3)CSC12)c1ccc(O)cc1. The number of hydrogen-bond donors (Lipinski definition) is 7. The van der Waals surface area contributed by atoms with E-state index in [1.807, 2.05) is 0 Å². The fourth-order valence-electron chi connectivity index (χ4n) is 3.29. The number of benzene rings is 1. The predicted molar refractivity (Wildman–Crippen MR) is 131 cm³/mol. The van der Waals surface area contributed by atoms with Crippen LogP contribution in [-0.2, 0) is 14.4 Å². The van der Waals surface area contributed by atoms with Gasteiger partial charge < -0.3 is 31.5 Å². The maximum atomic E-state index is 12.7. The molecule has 4 atom stereocenters. The summed E-state index contributed by atoms with van der Waals surface area (Å²) in [6.45, 7) is 1.39. The molecule has 13 nitrogen and oxygen atoms in total. The van der Waals surface area contributed by atoms with Crippen LogP contribution in [0, 0.1) is 0 Å². The number of aromatic nitrogens is 3. The third kappa shape index (κ3) is 6.36. The lowest BCUT2D eigenvalue weighted by molar-refractivity contribution is -0.150. The quantitative estimate of drug-likeness (QED) is 0.166. The maximum Gasteiger partial charge on any atom is 0.352 e. The van der Waals surface area contributed by atoms with E-state index in [1.165, 1.54) is 65.8 Å². The number of aromatic amines is 1. The van der Waals surface area contributed by atoms with Crippen LogP contribution in [0.15, 0.2) is 46.8 Å². The van der Waals surface area contributed by atoms with Gasteiger partial charge in [0.15, 0.2) is 0 Å². The average molecular weight is 539 g/mol. The Morgan fingerprint density at radius 1 is 1.36 bits per heavy atom. The van der Waals surface area contributed by atoms with Crippen molar-refractivity contribution in [3.8, 4) is 5.75 Å². The van der Waals surface area contributed by atoms with Crippen LogP contribution in [0.25, 0.3) is 0 Å². The van der Waals surface area contributed by atoms with E-state index in [-0.39, 0.29) is 18.1 Å². The van der Waals surface area contributed by atoms with E-state index in [0.29, 0.717) is 27.7 Å². The summed E-state index contributed by atoms with van der Waals surface area (Å²) in [4.78, 5) is 38.4. The lowest BCUT2D eigenvalue weighted by Gasteiger charge is -2.49. The molecule has 4 rings (SSSR count). The molecule has 194 valence electrons. The standard InChI is InChI=1S/C18H18N6O5S2.C3H8O2/c19-12(8-1-3-10(25)4-2-8)15(26)21-13-16(27)24-14(18(28)29)9(7-31-17(13)24)6-30-11-5-20-23-22-11;1-3(5)2-4/h1-5,12-13,17,25H,6-7,19H2,(H,21,26)(H,28,29)(H,20,22,23);3-5H,2H2,1H3. The Bertz CT molecular complexity index is 1110. The minimum absolute atomic E-state index is 0.0466. The number of rotatable bonds is 8. The number of H-pyrrole nitrogens is 1. The van der Waals surface area contributed by atoms with E-state index in [2.05, 4.69) is 20.7 Å². The lowest BCUT2D eigenvalue weighted by Crippen LogP contribution is -2.71. The molecule has 1 saturated heterocycles. The van der Waals surface area contributed by atoms with Gasteiger partial charge in [-0.05, 0) is 30.2 Å². The number of nitrogens with zero attached hydrogens (tertiary/aromatic N) is 3. The van der Waals surface area contributed by atoms with Crippen molar-refractivity contribution in [1.29, 1.82) is 0 Å². The first-order valence-corrected chi connectivity index (χ1v) is 12.7. The number of phenols is 1. The molecule has 0 radical (unpaired) electrons. The zero-order valence-corrected chi connectivity index (χ0v) is 20.7. The normalized spacial score (nSPS) is 20.4. The van der Waals surface area contributed by atoms with E-state index in [0.717, 1.165) is 0 Å². The van der Waals surface area contributed by atoms with Crippen LogP contribution in [0.4, 0.5) is 0 Å². The first kappa shape index (κ1) is 27.5. The third-order valence-corrected chi connectivity index (χ3v) is 7.46. The van der Waals surface area contributed by atoms with Gasteiger partial charge >= 0.3 is 5.97 Å². The van der Waals surface area contributed by atoms with Crippen LogP contribution >= 0.6 is 23.5 Å². The van der Waals surface area contributed by atoms with Crippen LogP contribution in [0.5, 0.6) is 5.75 Å². The number of carbonyl (C=O) groups is 3. The summed E-state index contributed by atoms with van der Waals surface area (Å²) in [5, 5.41) is 47.9. The fourth-order valence-corrected chi connectivity index (χ4v) is 5.56. The van der Waals surface area contributed by atoms with Crippen LogP contribution in [0.2, 0.25) is 0 Å². The van der Waals surface area contributed by atoms with Crippen molar-refractivity contribution in [2.75, 3.05) is 18.1 Å². The largest absolute Gasteiger partial charge is 0.508 e. The fraction of sp³-hybridized carbons (Fsp3) is 0.381. The number of carboxylic acid groups (broad SMARTS) is 1. The molecule has 0 aliphatic carbocycles. The van der Waals surface area contributed by atoms with Crippen LogP contribution in [0.3, 0.4) is 0 Å². The molecule has 2 aliphatic rings. The minimum atomic E-state index is -1.19. The summed E-state index contributed by atoms with van der Waals surface area (Å²) in [6.07, 6.45) is 0.970. The Kier molecular flexibility index (Phi) is 9.33. The van der Waals surface area contributed by atoms with Crippen molar-refractivity contribution in [2.24, 2.45) is 5.73 Å². The summed E-state index contributed by atoms with van der Waals surface area (Å²) in [7, 11) is 0. The number of aliphatic hydroxyl groups is 2. The Morgan fingerprint density at radius 3 is 2.58 bits per heavy atom. The molecule has 1 aromatic carbocycles. The Labute approximate surface area is 214 Å². The molecule has 4 unspecified atom stereocenters. The van der Waals surface area contributed by atoms with Gasteiger partial charge in [-0.3, -0.25) is 14.5 Å². The molecule has 1 aromatic heterocycles. The number of thioether (sulfide) groups is 2. The second kappa shape index (κ2) is 12.2. The van der Waals surface area contributed by atoms with E-state index < -0.39 is 41.3 Å². The van der Waals surface area contributed by atoms with E-state index in [9.17, 15) is 24.6 Å². The molecule has 3 heterocycles. The molecule has 0 saturated carbocycles. The third-order valence-electron chi connectivity index (χ3n) is 5.13. The maximum absolute atomic E-state index is 12.7. The Morgan fingerprint density at radius 2 is 2.03 bits per heavy atom. The smallest absolute Gasteiger partial charge is 0.352 e. The van der Waals surface area contributed by atoms with Crippen molar-refractivity contribution in [3.63, 3.8) is 0 Å². The van der Waals surface area contributed by atoms with Gasteiger partial charge in [-0.25, -0.2) is 4.79 Å². The number of nitrogens with one attached hydrogen (secondary N) is 2. The van der Waals surface area contributed by atoms with Crippen molar-refractivity contribution >= 4 is 41.3 Å². The number of aliphatic carboxylic acids is 1. The van der Waals surface area contributed by atoms with Gasteiger partial charge in [-0.15, -0.1) is 16.9 Å². The van der Waals surface area contributed by atoms with Crippen molar-refractivity contribution in [1.82, 2.24) is 25.6 Å². The molecule has 8 N–H and O–H groups in total. The first-order chi connectivity index (χ1) is 17.1. The Balaban J connectivity index is 0.000000658. The molecule has 2 aromatic rings. The monoisotopic (exact) mass is 538 g/mol. The molecule has 2 amide bonds. The second-order valence-corrected chi connectivity index (χ2v) is 9.95.